The summed E-state index contributed by atoms with van der Waals surface area (Å²) in [4.78, 5) is 36.0. The van der Waals surface area contributed by atoms with E-state index in [-0.39, 0.29) is 17.6 Å². The summed E-state index contributed by atoms with van der Waals surface area (Å²) in [5.74, 6) is -0.396. The topological polar surface area (TPSA) is 114 Å². The highest BCUT2D eigenvalue weighted by atomic mass is 16.5. The molecule has 0 fully saturated rings. The number of nitrogens with one attached hydrogen (secondary N) is 2. The molecule has 0 heterocycles. The van der Waals surface area contributed by atoms with E-state index < -0.39 is 35.8 Å². The van der Waals surface area contributed by atoms with Crippen molar-refractivity contribution < 1.29 is 29.0 Å². The molecule has 28 heavy (non-hydrogen) atoms. The number of hydrogen-bond donors (Lipinski definition) is 3. The zero-order valence-corrected chi connectivity index (χ0v) is 18.5. The maximum absolute atomic E-state index is 12.9. The summed E-state index contributed by atoms with van der Waals surface area (Å²) in [6.07, 6.45) is -0.240. The first-order valence-electron chi connectivity index (χ1n) is 9.75. The van der Waals surface area contributed by atoms with Gasteiger partial charge in [-0.05, 0) is 24.2 Å². The van der Waals surface area contributed by atoms with Gasteiger partial charge in [0.05, 0.1) is 32.4 Å². The molecular weight excluding hydrogens is 364 g/mol. The van der Waals surface area contributed by atoms with E-state index in [9.17, 15) is 19.5 Å². The van der Waals surface area contributed by atoms with Crippen molar-refractivity contribution in [2.45, 2.75) is 79.0 Å². The van der Waals surface area contributed by atoms with E-state index in [1.165, 1.54) is 14.2 Å². The lowest BCUT2D eigenvalue weighted by Crippen LogP contribution is -2.51. The molecule has 0 radical (unpaired) electrons. The predicted molar refractivity (Wildman–Crippen MR) is 107 cm³/mol. The predicted octanol–water partition coefficient (Wildman–Crippen LogP) is 2.87. The Hall–Kier alpha value is -1.83. The van der Waals surface area contributed by atoms with E-state index in [1.807, 2.05) is 41.5 Å². The number of hydrogen-bond acceptors (Lipinski definition) is 6. The van der Waals surface area contributed by atoms with Crippen LogP contribution >= 0.6 is 0 Å². The first kappa shape index (κ1) is 26.2. The van der Waals surface area contributed by atoms with Crippen LogP contribution in [0.2, 0.25) is 0 Å². The number of methoxy groups -OCH3 is 2. The second kappa shape index (κ2) is 11.9. The fourth-order valence-electron chi connectivity index (χ4n) is 2.97. The lowest BCUT2D eigenvalue weighted by atomic mass is 9.79. The molecule has 0 aliphatic heterocycles. The number of alkyl carbamates (subject to hydrolysis) is 2. The van der Waals surface area contributed by atoms with Crippen molar-refractivity contribution in [3.8, 4) is 0 Å². The summed E-state index contributed by atoms with van der Waals surface area (Å²) in [6.45, 7) is 11.2. The van der Waals surface area contributed by atoms with Crippen LogP contribution in [0.25, 0.3) is 0 Å². The Morgan fingerprint density at radius 1 is 0.929 bits per heavy atom. The summed E-state index contributed by atoms with van der Waals surface area (Å²) in [7, 11) is 2.53. The Bertz CT molecular complexity index is 515. The van der Waals surface area contributed by atoms with Crippen molar-refractivity contribution in [2.24, 2.45) is 17.3 Å². The number of ether oxygens (including phenoxy) is 2. The molecule has 4 unspecified atom stereocenters. The third-order valence-corrected chi connectivity index (χ3v) is 4.82. The average molecular weight is 403 g/mol. The number of carbonyl (C=O) groups excluding carboxylic acids is 3. The van der Waals surface area contributed by atoms with Crippen LogP contribution in [0, 0.1) is 17.3 Å². The zero-order valence-electron chi connectivity index (χ0n) is 18.5. The number of aliphatic hydroxyl groups is 1. The fourth-order valence-corrected chi connectivity index (χ4v) is 2.97. The summed E-state index contributed by atoms with van der Waals surface area (Å²) >= 11 is 0. The number of carbonyl (C=O) groups is 3. The van der Waals surface area contributed by atoms with Gasteiger partial charge in [0.25, 0.3) is 0 Å². The molecule has 0 rings (SSSR count). The molecule has 0 aliphatic rings. The molecular formula is C20H38N2O6. The molecule has 0 saturated carbocycles. The SMILES string of the molecule is COC(=O)NC(CCCC(C)C(=O)C(NC(=O)OC)C(C)(C)C)C(O)C(C)C. The second-order valence-corrected chi connectivity index (χ2v) is 8.65. The van der Waals surface area contributed by atoms with E-state index >= 15 is 0 Å². The zero-order chi connectivity index (χ0) is 22.1. The maximum Gasteiger partial charge on any atom is 0.407 e. The van der Waals surface area contributed by atoms with Crippen molar-refractivity contribution in [3.05, 3.63) is 0 Å². The molecule has 0 spiro atoms. The van der Waals surface area contributed by atoms with Crippen molar-refractivity contribution in [1.29, 1.82) is 0 Å². The van der Waals surface area contributed by atoms with Crippen LogP contribution in [-0.4, -0.2) is 55.5 Å². The van der Waals surface area contributed by atoms with E-state index in [0.717, 1.165) is 0 Å². The number of amides is 2. The molecule has 0 aromatic heterocycles. The van der Waals surface area contributed by atoms with Crippen LogP contribution in [0.3, 0.4) is 0 Å². The lowest BCUT2D eigenvalue weighted by molar-refractivity contribution is -0.127. The fraction of sp³-hybridized carbons (Fsp3) is 0.850. The molecule has 8 nitrogen and oxygen atoms in total. The monoisotopic (exact) mass is 402 g/mol. The summed E-state index contributed by atoms with van der Waals surface area (Å²) in [5, 5.41) is 15.6. The van der Waals surface area contributed by atoms with Gasteiger partial charge in [-0.3, -0.25) is 4.79 Å². The normalized spacial score (nSPS) is 15.9. The number of aliphatic hydroxyl groups excluding tert-OH is 1. The highest BCUT2D eigenvalue weighted by Gasteiger charge is 2.35. The van der Waals surface area contributed by atoms with Gasteiger partial charge in [-0.25, -0.2) is 9.59 Å². The summed E-state index contributed by atoms with van der Waals surface area (Å²) < 4.78 is 9.26. The number of Topliss-reactive ketones (excluding diaryl/α,β-unsaturated/α-hetero) is 1. The molecule has 4 atom stereocenters. The molecule has 2 amide bonds. The largest absolute Gasteiger partial charge is 0.453 e. The van der Waals surface area contributed by atoms with Gasteiger partial charge >= 0.3 is 12.2 Å². The van der Waals surface area contributed by atoms with Crippen molar-refractivity contribution in [1.82, 2.24) is 10.6 Å². The van der Waals surface area contributed by atoms with Gasteiger partial charge in [-0.15, -0.1) is 0 Å². The van der Waals surface area contributed by atoms with Crippen molar-refractivity contribution >= 4 is 18.0 Å². The van der Waals surface area contributed by atoms with Crippen LogP contribution in [0.4, 0.5) is 9.59 Å². The minimum atomic E-state index is -0.714. The number of rotatable bonds is 10. The molecule has 3 N–H and O–H groups in total. The average Bonchev–Trinajstić information content (AvgIpc) is 2.62. The van der Waals surface area contributed by atoms with Crippen LogP contribution in [0.5, 0.6) is 0 Å². The van der Waals surface area contributed by atoms with Gasteiger partial charge in [0.1, 0.15) is 0 Å². The highest BCUT2D eigenvalue weighted by Crippen LogP contribution is 2.25. The van der Waals surface area contributed by atoms with Crippen LogP contribution < -0.4 is 10.6 Å². The molecule has 8 heteroatoms. The van der Waals surface area contributed by atoms with Crippen LogP contribution in [-0.2, 0) is 14.3 Å². The lowest BCUT2D eigenvalue weighted by Gasteiger charge is -2.32. The van der Waals surface area contributed by atoms with Gasteiger partial charge < -0.3 is 25.2 Å². The van der Waals surface area contributed by atoms with Crippen molar-refractivity contribution in [3.63, 3.8) is 0 Å². The third-order valence-electron chi connectivity index (χ3n) is 4.82. The van der Waals surface area contributed by atoms with Gasteiger partial charge in [0.2, 0.25) is 0 Å². The van der Waals surface area contributed by atoms with Crippen LogP contribution in [0.1, 0.15) is 60.8 Å². The minimum Gasteiger partial charge on any atom is -0.453 e. The summed E-state index contributed by atoms with van der Waals surface area (Å²) in [5.41, 5.74) is -0.456. The van der Waals surface area contributed by atoms with E-state index in [4.69, 9.17) is 0 Å². The standard InChI is InChI=1S/C20H38N2O6/c1-12(2)15(23)14(21-18(25)27-7)11-9-10-13(3)16(24)17(20(4,5)6)22-19(26)28-8/h12-15,17,23H,9-11H2,1-8H3,(H,21,25)(H,22,26). The quantitative estimate of drug-likeness (QED) is 0.518. The minimum absolute atomic E-state index is 0.0317. The molecule has 0 saturated heterocycles. The van der Waals surface area contributed by atoms with Gasteiger partial charge in [-0.2, -0.15) is 0 Å². The molecule has 0 aliphatic carbocycles. The van der Waals surface area contributed by atoms with Gasteiger partial charge in [-0.1, -0.05) is 48.0 Å². The maximum atomic E-state index is 12.9. The van der Waals surface area contributed by atoms with Crippen LogP contribution in [0.15, 0.2) is 0 Å². The molecule has 164 valence electrons. The molecule has 0 aromatic rings. The molecule has 0 bridgehead atoms. The Kier molecular flexibility index (Phi) is 11.1. The Balaban J connectivity index is 4.92. The Morgan fingerprint density at radius 3 is 1.86 bits per heavy atom. The number of ketones is 1. The molecule has 0 aromatic carbocycles. The second-order valence-electron chi connectivity index (χ2n) is 8.65. The van der Waals surface area contributed by atoms with Gasteiger partial charge in [0.15, 0.2) is 5.78 Å². The first-order chi connectivity index (χ1) is 12.8. The smallest absolute Gasteiger partial charge is 0.407 e. The third kappa shape index (κ3) is 8.91. The van der Waals surface area contributed by atoms with Crippen molar-refractivity contribution in [2.75, 3.05) is 14.2 Å². The Labute approximate surface area is 168 Å². The van der Waals surface area contributed by atoms with E-state index in [1.54, 1.807) is 0 Å². The van der Waals surface area contributed by atoms with Gasteiger partial charge in [0, 0.05) is 5.92 Å². The van der Waals surface area contributed by atoms with E-state index in [2.05, 4.69) is 20.1 Å². The van der Waals surface area contributed by atoms with E-state index in [0.29, 0.717) is 19.3 Å². The Morgan fingerprint density at radius 2 is 1.43 bits per heavy atom. The summed E-state index contributed by atoms with van der Waals surface area (Å²) in [6, 6.07) is -1.12. The first-order valence-corrected chi connectivity index (χ1v) is 9.75. The highest BCUT2D eigenvalue weighted by molar-refractivity contribution is 5.89.